The third-order valence-electron chi connectivity index (χ3n) is 4.54. The van der Waals surface area contributed by atoms with Gasteiger partial charge in [-0.25, -0.2) is 4.79 Å². The molecule has 1 fully saturated rings. The molecule has 0 spiro atoms. The maximum Gasteiger partial charge on any atom is 0.325 e. The molecule has 0 aliphatic carbocycles. The van der Waals surface area contributed by atoms with E-state index in [0.717, 1.165) is 21.7 Å². The van der Waals surface area contributed by atoms with Crippen LogP contribution in [0.1, 0.15) is 25.0 Å². The minimum absolute atomic E-state index is 0.297. The molecule has 0 aromatic heterocycles. The summed E-state index contributed by atoms with van der Waals surface area (Å²) in [5, 5.41) is 2.60. The van der Waals surface area contributed by atoms with Gasteiger partial charge in [0.2, 0.25) is 5.91 Å². The summed E-state index contributed by atoms with van der Waals surface area (Å²) in [6, 6.07) is 16.7. The zero-order valence-electron chi connectivity index (χ0n) is 15.7. The fourth-order valence-electron chi connectivity index (χ4n) is 3.07. The number of hydrogen-bond donors (Lipinski definition) is 1. The normalized spacial score (nSPS) is 15.6. The monoisotopic (exact) mass is 365 g/mol. The summed E-state index contributed by atoms with van der Waals surface area (Å²) in [6.45, 7) is 5.26. The highest BCUT2D eigenvalue weighted by atomic mass is 16.2. The van der Waals surface area contributed by atoms with Crippen molar-refractivity contribution in [3.05, 3.63) is 65.7 Å². The van der Waals surface area contributed by atoms with Crippen molar-refractivity contribution in [1.29, 1.82) is 0 Å². The molecule has 2 aromatic carbocycles. The van der Waals surface area contributed by atoms with Gasteiger partial charge in [-0.1, -0.05) is 42.5 Å². The maximum absolute atomic E-state index is 13.1. The van der Waals surface area contributed by atoms with E-state index < -0.39 is 17.5 Å². The number of amides is 4. The van der Waals surface area contributed by atoms with Crippen molar-refractivity contribution in [3.63, 3.8) is 0 Å². The van der Waals surface area contributed by atoms with Gasteiger partial charge in [0, 0.05) is 5.69 Å². The van der Waals surface area contributed by atoms with Crippen LogP contribution >= 0.6 is 0 Å². The predicted octanol–water partition coefficient (Wildman–Crippen LogP) is 2.86. The van der Waals surface area contributed by atoms with Crippen LogP contribution in [0.5, 0.6) is 0 Å². The molecule has 140 valence electrons. The zero-order chi connectivity index (χ0) is 19.6. The Morgan fingerprint density at radius 2 is 1.78 bits per heavy atom. The van der Waals surface area contributed by atoms with Crippen molar-refractivity contribution in [2.45, 2.75) is 32.9 Å². The van der Waals surface area contributed by atoms with Gasteiger partial charge in [0.25, 0.3) is 5.91 Å². The quantitative estimate of drug-likeness (QED) is 0.829. The fraction of sp³-hybridized carbons (Fsp3) is 0.286. The van der Waals surface area contributed by atoms with Crippen LogP contribution in [-0.4, -0.2) is 34.8 Å². The molecule has 1 saturated heterocycles. The molecule has 1 aliphatic heterocycles. The van der Waals surface area contributed by atoms with Gasteiger partial charge in [0.15, 0.2) is 0 Å². The zero-order valence-corrected chi connectivity index (χ0v) is 15.7. The molecule has 0 unspecified atom stereocenters. The lowest BCUT2D eigenvalue weighted by molar-refractivity contribution is -0.133. The molecule has 6 nitrogen and oxygen atoms in total. The Bertz CT molecular complexity index is 877. The van der Waals surface area contributed by atoms with E-state index in [2.05, 4.69) is 5.32 Å². The van der Waals surface area contributed by atoms with Crippen LogP contribution in [0.3, 0.4) is 0 Å². The number of imide groups is 1. The molecule has 0 atom stereocenters. The maximum atomic E-state index is 13.1. The number of anilines is 1. The van der Waals surface area contributed by atoms with Crippen molar-refractivity contribution < 1.29 is 14.4 Å². The molecule has 27 heavy (non-hydrogen) atoms. The highest BCUT2D eigenvalue weighted by molar-refractivity contribution is 6.10. The summed E-state index contributed by atoms with van der Waals surface area (Å²) < 4.78 is 0. The van der Waals surface area contributed by atoms with E-state index in [1.54, 1.807) is 18.7 Å². The lowest BCUT2D eigenvalue weighted by Crippen LogP contribution is -2.44. The van der Waals surface area contributed by atoms with E-state index >= 15 is 0 Å². The second-order valence-corrected chi connectivity index (χ2v) is 7.25. The van der Waals surface area contributed by atoms with Gasteiger partial charge in [-0.3, -0.25) is 14.5 Å². The van der Waals surface area contributed by atoms with Crippen LogP contribution in [0, 0.1) is 6.92 Å². The summed E-state index contributed by atoms with van der Waals surface area (Å²) in [4.78, 5) is 40.2. The third-order valence-corrected chi connectivity index (χ3v) is 4.54. The molecule has 1 heterocycles. The lowest BCUT2D eigenvalue weighted by atomic mass is 10.1. The van der Waals surface area contributed by atoms with E-state index in [9.17, 15) is 14.4 Å². The number of benzene rings is 2. The summed E-state index contributed by atoms with van der Waals surface area (Å²) in [7, 11) is 0. The molecule has 1 N–H and O–H groups in total. The Balaban J connectivity index is 1.87. The topological polar surface area (TPSA) is 69.7 Å². The summed E-state index contributed by atoms with van der Waals surface area (Å²) in [5.41, 5.74) is 1.72. The Hall–Kier alpha value is -3.15. The number of nitrogens with one attached hydrogen (secondary N) is 1. The van der Waals surface area contributed by atoms with E-state index in [4.69, 9.17) is 0 Å². The van der Waals surface area contributed by atoms with Gasteiger partial charge in [0.05, 0.1) is 6.54 Å². The Kier molecular flexibility index (Phi) is 4.99. The lowest BCUT2D eigenvalue weighted by Gasteiger charge is -2.25. The molecule has 2 aromatic rings. The smallest absolute Gasteiger partial charge is 0.324 e. The molecule has 0 saturated carbocycles. The van der Waals surface area contributed by atoms with Gasteiger partial charge in [-0.15, -0.1) is 0 Å². The van der Waals surface area contributed by atoms with Gasteiger partial charge in [-0.05, 0) is 44.0 Å². The highest BCUT2D eigenvalue weighted by Gasteiger charge is 2.45. The number of nitrogens with zero attached hydrogens (tertiary/aromatic N) is 2. The van der Waals surface area contributed by atoms with Crippen molar-refractivity contribution in [2.24, 2.45) is 0 Å². The SMILES string of the molecule is Cc1cccc(N(Cc2ccccc2)C(=O)CN2C(=O)NC(C)(C)C2=O)c1. The number of rotatable bonds is 5. The number of aryl methyl sites for hydroxylation is 1. The molecule has 4 amide bonds. The first-order valence-electron chi connectivity index (χ1n) is 8.83. The van der Waals surface area contributed by atoms with Gasteiger partial charge in [-0.2, -0.15) is 0 Å². The largest absolute Gasteiger partial charge is 0.325 e. The first-order valence-corrected chi connectivity index (χ1v) is 8.83. The van der Waals surface area contributed by atoms with Crippen molar-refractivity contribution in [2.75, 3.05) is 11.4 Å². The van der Waals surface area contributed by atoms with Crippen molar-refractivity contribution in [3.8, 4) is 0 Å². The van der Waals surface area contributed by atoms with Crippen LogP contribution in [0.2, 0.25) is 0 Å². The van der Waals surface area contributed by atoms with Gasteiger partial charge < -0.3 is 10.2 Å². The van der Waals surface area contributed by atoms with Gasteiger partial charge in [0.1, 0.15) is 12.1 Å². The molecule has 6 heteroatoms. The molecular weight excluding hydrogens is 342 g/mol. The van der Waals surface area contributed by atoms with E-state index in [1.807, 2.05) is 61.5 Å². The second kappa shape index (κ2) is 7.23. The standard InChI is InChI=1S/C21H23N3O3/c1-15-8-7-11-17(12-15)23(13-16-9-5-4-6-10-16)18(25)14-24-19(26)21(2,3)22-20(24)27/h4-12H,13-14H2,1-3H3,(H,22,27). The van der Waals surface area contributed by atoms with Crippen LogP contribution < -0.4 is 10.2 Å². The summed E-state index contributed by atoms with van der Waals surface area (Å²) in [6.07, 6.45) is 0. The second-order valence-electron chi connectivity index (χ2n) is 7.25. The van der Waals surface area contributed by atoms with Crippen LogP contribution in [0.25, 0.3) is 0 Å². The number of carbonyl (C=O) groups excluding carboxylic acids is 3. The summed E-state index contributed by atoms with van der Waals surface area (Å²) in [5.74, 6) is -0.713. The Morgan fingerprint density at radius 1 is 1.07 bits per heavy atom. The molecule has 3 rings (SSSR count). The number of urea groups is 1. The first kappa shape index (κ1) is 18.6. The molecule has 0 bridgehead atoms. The average molecular weight is 365 g/mol. The van der Waals surface area contributed by atoms with Crippen LogP contribution in [0.4, 0.5) is 10.5 Å². The van der Waals surface area contributed by atoms with E-state index in [0.29, 0.717) is 6.54 Å². The van der Waals surface area contributed by atoms with E-state index in [1.165, 1.54) is 0 Å². The third kappa shape index (κ3) is 4.00. The Labute approximate surface area is 158 Å². The predicted molar refractivity (Wildman–Crippen MR) is 103 cm³/mol. The Morgan fingerprint density at radius 3 is 2.37 bits per heavy atom. The average Bonchev–Trinajstić information content (AvgIpc) is 2.82. The minimum Gasteiger partial charge on any atom is -0.324 e. The van der Waals surface area contributed by atoms with Crippen molar-refractivity contribution >= 4 is 23.5 Å². The fourth-order valence-corrected chi connectivity index (χ4v) is 3.07. The highest BCUT2D eigenvalue weighted by Crippen LogP contribution is 2.21. The van der Waals surface area contributed by atoms with Gasteiger partial charge >= 0.3 is 6.03 Å². The van der Waals surface area contributed by atoms with Crippen LogP contribution in [-0.2, 0) is 16.1 Å². The van der Waals surface area contributed by atoms with E-state index in [-0.39, 0.29) is 12.5 Å². The number of hydrogen-bond acceptors (Lipinski definition) is 3. The van der Waals surface area contributed by atoms with Crippen LogP contribution in [0.15, 0.2) is 54.6 Å². The molecule has 0 radical (unpaired) electrons. The summed E-state index contributed by atoms with van der Waals surface area (Å²) >= 11 is 0. The molecule has 1 aliphatic rings. The first-order chi connectivity index (χ1) is 12.8. The molecular formula is C21H23N3O3. The number of carbonyl (C=O) groups is 3. The van der Waals surface area contributed by atoms with Crippen molar-refractivity contribution in [1.82, 2.24) is 10.2 Å². The minimum atomic E-state index is -0.995.